The fraction of sp³-hybridized carbons (Fsp3) is 0.250. The van der Waals surface area contributed by atoms with E-state index in [9.17, 15) is 13.2 Å². The Morgan fingerprint density at radius 1 is 1.00 bits per heavy atom. The van der Waals surface area contributed by atoms with Crippen LogP contribution in [0.1, 0.15) is 12.5 Å². The van der Waals surface area contributed by atoms with Crippen LogP contribution in [0.2, 0.25) is 0 Å². The topological polar surface area (TPSA) is 21.3 Å². The van der Waals surface area contributed by atoms with Gasteiger partial charge in [0.25, 0.3) is 0 Å². The van der Waals surface area contributed by atoms with Gasteiger partial charge in [0.15, 0.2) is 0 Å². The van der Waals surface area contributed by atoms with Crippen LogP contribution >= 0.6 is 0 Å². The van der Waals surface area contributed by atoms with Crippen LogP contribution in [0.5, 0.6) is 5.75 Å². The average molecular weight is 295 g/mol. The minimum absolute atomic E-state index is 0.213. The molecule has 2 aromatic carbocycles. The quantitative estimate of drug-likeness (QED) is 0.885. The summed E-state index contributed by atoms with van der Waals surface area (Å²) in [5.74, 6) is -0.213. The molecule has 2 rings (SSSR count). The predicted molar refractivity (Wildman–Crippen MR) is 75.9 cm³/mol. The molecule has 0 aliphatic heterocycles. The zero-order chi connectivity index (χ0) is 15.3. The van der Waals surface area contributed by atoms with E-state index in [1.807, 2.05) is 31.2 Å². The molecule has 0 aliphatic rings. The van der Waals surface area contributed by atoms with E-state index in [1.54, 1.807) is 12.1 Å². The fourth-order valence-corrected chi connectivity index (χ4v) is 2.05. The summed E-state index contributed by atoms with van der Waals surface area (Å²) in [6.07, 6.45) is -4.66. The Bertz CT molecular complexity index is 579. The highest BCUT2D eigenvalue weighted by atomic mass is 19.4. The van der Waals surface area contributed by atoms with Gasteiger partial charge in [0.2, 0.25) is 0 Å². The van der Waals surface area contributed by atoms with E-state index in [0.717, 1.165) is 23.2 Å². The summed E-state index contributed by atoms with van der Waals surface area (Å²) in [5.41, 5.74) is 2.96. The molecule has 0 fully saturated rings. The van der Waals surface area contributed by atoms with Gasteiger partial charge in [-0.25, -0.2) is 0 Å². The Hall–Kier alpha value is -2.01. The van der Waals surface area contributed by atoms with Gasteiger partial charge in [-0.3, -0.25) is 0 Å². The molecule has 2 nitrogen and oxygen atoms in total. The molecule has 0 saturated carbocycles. The van der Waals surface area contributed by atoms with E-state index in [-0.39, 0.29) is 5.75 Å². The molecule has 0 aliphatic carbocycles. The van der Waals surface area contributed by atoms with Gasteiger partial charge in [0, 0.05) is 6.54 Å². The van der Waals surface area contributed by atoms with Crippen LogP contribution < -0.4 is 10.1 Å². The first-order chi connectivity index (χ1) is 9.99. The lowest BCUT2D eigenvalue weighted by molar-refractivity contribution is -0.274. The number of nitrogens with one attached hydrogen (secondary N) is 1. The molecule has 0 bridgehead atoms. The van der Waals surface area contributed by atoms with Crippen molar-refractivity contribution < 1.29 is 17.9 Å². The van der Waals surface area contributed by atoms with Crippen molar-refractivity contribution in [1.82, 2.24) is 5.32 Å². The number of alkyl halides is 3. The normalized spacial score (nSPS) is 11.4. The fourth-order valence-electron chi connectivity index (χ4n) is 2.05. The third kappa shape index (κ3) is 4.49. The molecule has 0 amide bonds. The third-order valence-electron chi connectivity index (χ3n) is 2.98. The third-order valence-corrected chi connectivity index (χ3v) is 2.98. The molecule has 0 saturated heterocycles. The van der Waals surface area contributed by atoms with Crippen LogP contribution in [0.25, 0.3) is 11.1 Å². The zero-order valence-electron chi connectivity index (χ0n) is 11.6. The maximum absolute atomic E-state index is 12.1. The number of hydrogen-bond donors (Lipinski definition) is 1. The second-order valence-corrected chi connectivity index (χ2v) is 4.51. The second kappa shape index (κ2) is 6.63. The molecule has 5 heteroatoms. The van der Waals surface area contributed by atoms with Gasteiger partial charge in [-0.2, -0.15) is 0 Å². The first-order valence-corrected chi connectivity index (χ1v) is 6.64. The van der Waals surface area contributed by atoms with Crippen LogP contribution in [0.15, 0.2) is 48.5 Å². The maximum Gasteiger partial charge on any atom is 0.573 e. The standard InChI is InChI=1S/C16H16F3NO/c1-2-20-11-13-5-3-4-6-15(13)12-7-9-14(10-8-12)21-16(17,18)19/h3-10,20H,2,11H2,1H3. The second-order valence-electron chi connectivity index (χ2n) is 4.51. The molecular formula is C16H16F3NO. The van der Waals surface area contributed by atoms with Gasteiger partial charge >= 0.3 is 6.36 Å². The Morgan fingerprint density at radius 3 is 2.29 bits per heavy atom. The number of hydrogen-bond acceptors (Lipinski definition) is 2. The molecule has 0 atom stereocenters. The number of ether oxygens (including phenoxy) is 1. The van der Waals surface area contributed by atoms with Crippen LogP contribution in [0, 0.1) is 0 Å². The average Bonchev–Trinajstić information content (AvgIpc) is 2.45. The molecule has 21 heavy (non-hydrogen) atoms. The van der Waals surface area contributed by atoms with E-state index in [2.05, 4.69) is 10.1 Å². The van der Waals surface area contributed by atoms with Gasteiger partial charge in [0.1, 0.15) is 5.75 Å². The van der Waals surface area contributed by atoms with E-state index in [1.165, 1.54) is 12.1 Å². The van der Waals surface area contributed by atoms with Gasteiger partial charge in [-0.15, -0.1) is 13.2 Å². The summed E-state index contributed by atoms with van der Waals surface area (Å²) in [5, 5.41) is 3.24. The highest BCUT2D eigenvalue weighted by molar-refractivity contribution is 5.67. The summed E-state index contributed by atoms with van der Waals surface area (Å²) in [4.78, 5) is 0. The highest BCUT2D eigenvalue weighted by Crippen LogP contribution is 2.28. The lowest BCUT2D eigenvalue weighted by Crippen LogP contribution is -2.17. The van der Waals surface area contributed by atoms with Crippen LogP contribution in [-0.4, -0.2) is 12.9 Å². The molecular weight excluding hydrogens is 279 g/mol. The molecule has 2 aromatic rings. The zero-order valence-corrected chi connectivity index (χ0v) is 11.6. The summed E-state index contributed by atoms with van der Waals surface area (Å²) in [6, 6.07) is 13.7. The van der Waals surface area contributed by atoms with Crippen molar-refractivity contribution in [2.45, 2.75) is 19.8 Å². The minimum atomic E-state index is -4.66. The van der Waals surface area contributed by atoms with Gasteiger partial charge < -0.3 is 10.1 Å². The SMILES string of the molecule is CCNCc1ccccc1-c1ccc(OC(F)(F)F)cc1. The molecule has 1 N–H and O–H groups in total. The molecule has 112 valence electrons. The highest BCUT2D eigenvalue weighted by Gasteiger charge is 2.30. The van der Waals surface area contributed by atoms with Crippen molar-refractivity contribution >= 4 is 0 Å². The first kappa shape index (κ1) is 15.4. The number of rotatable bonds is 5. The monoisotopic (exact) mass is 295 g/mol. The van der Waals surface area contributed by atoms with Gasteiger partial charge in [0.05, 0.1) is 0 Å². The number of halogens is 3. The van der Waals surface area contributed by atoms with Crippen molar-refractivity contribution in [2.75, 3.05) is 6.54 Å². The van der Waals surface area contributed by atoms with Crippen molar-refractivity contribution in [3.05, 3.63) is 54.1 Å². The van der Waals surface area contributed by atoms with Crippen molar-refractivity contribution in [2.24, 2.45) is 0 Å². The van der Waals surface area contributed by atoms with Crippen molar-refractivity contribution in [3.8, 4) is 16.9 Å². The molecule has 0 heterocycles. The first-order valence-electron chi connectivity index (χ1n) is 6.64. The number of benzene rings is 2. The predicted octanol–water partition coefficient (Wildman–Crippen LogP) is 4.36. The van der Waals surface area contributed by atoms with E-state index < -0.39 is 6.36 Å². The molecule has 0 spiro atoms. The Balaban J connectivity index is 2.22. The summed E-state index contributed by atoms with van der Waals surface area (Å²) in [6.45, 7) is 3.59. The van der Waals surface area contributed by atoms with Gasteiger partial charge in [-0.1, -0.05) is 43.3 Å². The van der Waals surface area contributed by atoms with E-state index in [4.69, 9.17) is 0 Å². The summed E-state index contributed by atoms with van der Waals surface area (Å²) < 4.78 is 40.3. The van der Waals surface area contributed by atoms with Crippen molar-refractivity contribution in [1.29, 1.82) is 0 Å². The summed E-state index contributed by atoms with van der Waals surface area (Å²) >= 11 is 0. The molecule has 0 radical (unpaired) electrons. The Morgan fingerprint density at radius 2 is 1.67 bits per heavy atom. The lowest BCUT2D eigenvalue weighted by Gasteiger charge is -2.12. The lowest BCUT2D eigenvalue weighted by atomic mass is 9.99. The van der Waals surface area contributed by atoms with Crippen LogP contribution in [-0.2, 0) is 6.54 Å². The van der Waals surface area contributed by atoms with Gasteiger partial charge in [-0.05, 0) is 35.4 Å². The largest absolute Gasteiger partial charge is 0.573 e. The van der Waals surface area contributed by atoms with Crippen LogP contribution in [0.3, 0.4) is 0 Å². The maximum atomic E-state index is 12.1. The molecule has 0 unspecified atom stereocenters. The smallest absolute Gasteiger partial charge is 0.406 e. The summed E-state index contributed by atoms with van der Waals surface area (Å²) in [7, 11) is 0. The van der Waals surface area contributed by atoms with E-state index in [0.29, 0.717) is 6.54 Å². The van der Waals surface area contributed by atoms with Crippen LogP contribution in [0.4, 0.5) is 13.2 Å². The Labute approximate surface area is 121 Å². The molecule has 0 aromatic heterocycles. The van der Waals surface area contributed by atoms with E-state index >= 15 is 0 Å². The minimum Gasteiger partial charge on any atom is -0.406 e. The van der Waals surface area contributed by atoms with Crippen molar-refractivity contribution in [3.63, 3.8) is 0 Å². The Kier molecular flexibility index (Phi) is 4.85.